The van der Waals surface area contributed by atoms with Gasteiger partial charge in [0.25, 0.3) is 0 Å². The maximum absolute atomic E-state index is 13.1. The van der Waals surface area contributed by atoms with E-state index in [0.717, 1.165) is 16.8 Å². The van der Waals surface area contributed by atoms with E-state index in [1.54, 1.807) is 31.3 Å². The molecule has 3 rings (SSSR count). The fourth-order valence-corrected chi connectivity index (χ4v) is 4.76. The van der Waals surface area contributed by atoms with E-state index in [1.807, 2.05) is 37.4 Å². The molecule has 0 aliphatic rings. The number of thiazole rings is 1. The van der Waals surface area contributed by atoms with Crippen molar-refractivity contribution in [2.75, 3.05) is 25.4 Å². The monoisotopic (exact) mass is 474 g/mol. The first kappa shape index (κ1) is 23.7. The van der Waals surface area contributed by atoms with Crippen molar-refractivity contribution < 1.29 is 22.7 Å². The summed E-state index contributed by atoms with van der Waals surface area (Å²) >= 11 is 1.45. The number of ether oxygens (including phenoxy) is 2. The maximum Gasteiger partial charge on any atom is 0.233 e. The standard InChI is InChI=1S/C23H26N2O5S2/c1-15(2)25(18-7-9-19(10-8-18)32(5,27)28)22(26)13-17-14-31-23(24-17)16-6-11-20(29-3)21(12-16)30-4/h6-12,14-15H,13H2,1-5H3. The quantitative estimate of drug-likeness (QED) is 0.486. The molecule has 0 saturated carbocycles. The predicted octanol–water partition coefficient (Wildman–Crippen LogP) is 4.21. The van der Waals surface area contributed by atoms with Gasteiger partial charge in [-0.25, -0.2) is 13.4 Å². The van der Waals surface area contributed by atoms with Crippen molar-refractivity contribution in [2.45, 2.75) is 31.2 Å². The minimum absolute atomic E-state index is 0.101. The molecule has 0 saturated heterocycles. The molecule has 0 radical (unpaired) electrons. The minimum atomic E-state index is -3.30. The number of nitrogens with zero attached hydrogens (tertiary/aromatic N) is 2. The molecule has 0 bridgehead atoms. The maximum atomic E-state index is 13.1. The second kappa shape index (κ2) is 9.70. The Labute approximate surface area is 192 Å². The molecule has 0 atom stereocenters. The second-order valence-corrected chi connectivity index (χ2v) is 10.4. The molecule has 0 fully saturated rings. The third kappa shape index (κ3) is 5.28. The van der Waals surface area contributed by atoms with E-state index in [2.05, 4.69) is 4.98 Å². The van der Waals surface area contributed by atoms with Crippen LogP contribution in [0.15, 0.2) is 52.7 Å². The summed E-state index contributed by atoms with van der Waals surface area (Å²) in [5.74, 6) is 1.13. The number of benzene rings is 2. The van der Waals surface area contributed by atoms with Crippen LogP contribution < -0.4 is 14.4 Å². The zero-order chi connectivity index (χ0) is 23.5. The van der Waals surface area contributed by atoms with Crippen LogP contribution >= 0.6 is 11.3 Å². The summed E-state index contributed by atoms with van der Waals surface area (Å²) in [4.78, 5) is 19.6. The van der Waals surface area contributed by atoms with Crippen LogP contribution in [0.3, 0.4) is 0 Å². The molecule has 2 aromatic carbocycles. The van der Waals surface area contributed by atoms with Crippen LogP contribution in [0.2, 0.25) is 0 Å². The smallest absolute Gasteiger partial charge is 0.233 e. The Bertz CT molecular complexity index is 1200. The van der Waals surface area contributed by atoms with Crippen molar-refractivity contribution in [3.05, 3.63) is 53.5 Å². The highest BCUT2D eigenvalue weighted by Crippen LogP contribution is 2.33. The highest BCUT2D eigenvalue weighted by atomic mass is 32.2. The number of methoxy groups -OCH3 is 2. The van der Waals surface area contributed by atoms with Gasteiger partial charge in [0.15, 0.2) is 21.3 Å². The van der Waals surface area contributed by atoms with Gasteiger partial charge in [0.1, 0.15) is 5.01 Å². The van der Waals surface area contributed by atoms with Crippen LogP contribution in [0.1, 0.15) is 19.5 Å². The van der Waals surface area contributed by atoms with Gasteiger partial charge in [-0.1, -0.05) is 0 Å². The lowest BCUT2D eigenvalue weighted by molar-refractivity contribution is -0.118. The molecule has 0 aliphatic heterocycles. The average molecular weight is 475 g/mol. The summed E-state index contributed by atoms with van der Waals surface area (Å²) in [5.41, 5.74) is 2.19. The molecule has 0 spiro atoms. The fraction of sp³-hybridized carbons (Fsp3) is 0.304. The Morgan fingerprint density at radius 2 is 1.72 bits per heavy atom. The lowest BCUT2D eigenvalue weighted by atomic mass is 10.2. The predicted molar refractivity (Wildman–Crippen MR) is 127 cm³/mol. The minimum Gasteiger partial charge on any atom is -0.493 e. The molecular weight excluding hydrogens is 448 g/mol. The van der Waals surface area contributed by atoms with Crippen LogP contribution in [0, 0.1) is 0 Å². The van der Waals surface area contributed by atoms with Gasteiger partial charge in [-0.05, 0) is 56.3 Å². The molecule has 1 amide bonds. The van der Waals surface area contributed by atoms with Gasteiger partial charge in [-0.2, -0.15) is 0 Å². The topological polar surface area (TPSA) is 85.8 Å². The van der Waals surface area contributed by atoms with Crippen LogP contribution in [0.25, 0.3) is 10.6 Å². The van der Waals surface area contributed by atoms with Crippen LogP contribution in [-0.2, 0) is 21.1 Å². The molecule has 3 aromatic rings. The van der Waals surface area contributed by atoms with Gasteiger partial charge < -0.3 is 14.4 Å². The lowest BCUT2D eigenvalue weighted by Crippen LogP contribution is -2.38. The Kier molecular flexibility index (Phi) is 7.20. The second-order valence-electron chi connectivity index (χ2n) is 7.51. The van der Waals surface area contributed by atoms with Crippen molar-refractivity contribution >= 4 is 32.8 Å². The number of amides is 1. The third-order valence-electron chi connectivity index (χ3n) is 4.84. The van der Waals surface area contributed by atoms with E-state index >= 15 is 0 Å². The SMILES string of the molecule is COc1ccc(-c2nc(CC(=O)N(c3ccc(S(C)(=O)=O)cc3)C(C)C)cs2)cc1OC. The number of sulfone groups is 1. The number of rotatable bonds is 8. The highest BCUT2D eigenvalue weighted by molar-refractivity contribution is 7.90. The van der Waals surface area contributed by atoms with Crippen LogP contribution in [0.4, 0.5) is 5.69 Å². The van der Waals surface area contributed by atoms with Gasteiger partial charge in [0.2, 0.25) is 5.91 Å². The first-order valence-corrected chi connectivity index (χ1v) is 12.7. The number of hydrogen-bond acceptors (Lipinski definition) is 7. The Hall–Kier alpha value is -2.91. The van der Waals surface area contributed by atoms with Crippen molar-refractivity contribution in [1.82, 2.24) is 4.98 Å². The normalized spacial score (nSPS) is 11.4. The summed E-state index contributed by atoms with van der Waals surface area (Å²) in [6.45, 7) is 3.83. The molecule has 170 valence electrons. The number of carbonyl (C=O) groups excluding carboxylic acids is 1. The van der Waals surface area contributed by atoms with Crippen molar-refractivity contribution in [1.29, 1.82) is 0 Å². The zero-order valence-corrected chi connectivity index (χ0v) is 20.3. The van der Waals surface area contributed by atoms with Crippen molar-refractivity contribution in [3.63, 3.8) is 0 Å². The average Bonchev–Trinajstić information content (AvgIpc) is 3.21. The summed E-state index contributed by atoms with van der Waals surface area (Å²) in [7, 11) is -0.133. The molecule has 1 aromatic heterocycles. The molecule has 9 heteroatoms. The third-order valence-corrected chi connectivity index (χ3v) is 6.91. The van der Waals surface area contributed by atoms with Crippen LogP contribution in [-0.4, -0.2) is 45.8 Å². The molecule has 1 heterocycles. The van der Waals surface area contributed by atoms with E-state index in [0.29, 0.717) is 22.9 Å². The summed E-state index contributed by atoms with van der Waals surface area (Å²) in [5, 5.41) is 2.65. The fourth-order valence-electron chi connectivity index (χ4n) is 3.31. The van der Waals surface area contributed by atoms with E-state index in [-0.39, 0.29) is 23.3 Å². The van der Waals surface area contributed by atoms with Gasteiger partial charge in [0, 0.05) is 28.9 Å². The number of hydrogen-bond donors (Lipinski definition) is 0. The van der Waals surface area contributed by atoms with Gasteiger partial charge >= 0.3 is 0 Å². The number of anilines is 1. The Morgan fingerprint density at radius 3 is 2.28 bits per heavy atom. The van der Waals surface area contributed by atoms with E-state index in [4.69, 9.17) is 9.47 Å². The molecule has 0 aliphatic carbocycles. The first-order valence-electron chi connectivity index (χ1n) is 9.93. The summed E-state index contributed by atoms with van der Waals surface area (Å²) < 4.78 is 34.1. The largest absolute Gasteiger partial charge is 0.493 e. The summed E-state index contributed by atoms with van der Waals surface area (Å²) in [6, 6.07) is 11.8. The van der Waals surface area contributed by atoms with Crippen molar-refractivity contribution in [2.24, 2.45) is 0 Å². The number of aromatic nitrogens is 1. The van der Waals surface area contributed by atoms with Crippen molar-refractivity contribution in [3.8, 4) is 22.1 Å². The Balaban J connectivity index is 1.81. The highest BCUT2D eigenvalue weighted by Gasteiger charge is 2.21. The molecule has 32 heavy (non-hydrogen) atoms. The van der Waals surface area contributed by atoms with Crippen LogP contribution in [0.5, 0.6) is 11.5 Å². The van der Waals surface area contributed by atoms with E-state index in [9.17, 15) is 13.2 Å². The molecule has 0 unspecified atom stereocenters. The number of carbonyl (C=O) groups is 1. The lowest BCUT2D eigenvalue weighted by Gasteiger charge is -2.27. The van der Waals surface area contributed by atoms with Gasteiger partial charge in [-0.3, -0.25) is 4.79 Å². The molecule has 7 nitrogen and oxygen atoms in total. The summed E-state index contributed by atoms with van der Waals surface area (Å²) in [6.07, 6.45) is 1.29. The van der Waals surface area contributed by atoms with E-state index in [1.165, 1.54) is 23.5 Å². The van der Waals surface area contributed by atoms with Gasteiger partial charge in [0.05, 0.1) is 31.2 Å². The molecular formula is C23H26N2O5S2. The Morgan fingerprint density at radius 1 is 1.06 bits per heavy atom. The molecule has 0 N–H and O–H groups in total. The van der Waals surface area contributed by atoms with E-state index < -0.39 is 9.84 Å². The van der Waals surface area contributed by atoms with Gasteiger partial charge in [-0.15, -0.1) is 11.3 Å². The zero-order valence-electron chi connectivity index (χ0n) is 18.7. The first-order chi connectivity index (χ1) is 15.1.